The monoisotopic (exact) mass is 232 g/mol. The van der Waals surface area contributed by atoms with E-state index in [1.807, 2.05) is 14.2 Å². The summed E-state index contributed by atoms with van der Waals surface area (Å²) in [5.74, 6) is 0. The molecule has 0 amide bonds. The van der Waals surface area contributed by atoms with Crippen molar-refractivity contribution in [2.75, 3.05) is 14.2 Å². The topological polar surface area (TPSA) is 18.5 Å². The highest BCUT2D eigenvalue weighted by Gasteiger charge is 2.38. The summed E-state index contributed by atoms with van der Waals surface area (Å²) in [5, 5.41) is 0. The van der Waals surface area contributed by atoms with Gasteiger partial charge in [0.25, 0.3) is 0 Å². The van der Waals surface area contributed by atoms with Gasteiger partial charge in [-0.05, 0) is 17.5 Å². The standard InChI is InChI=1S/C12H28O2Si/c1-7-8-9-10-15(13-5,14-6)11-12(2,3)4/h7-11H2,1-6H3. The number of rotatable bonds is 7. The Labute approximate surface area is 96.6 Å². The zero-order valence-corrected chi connectivity index (χ0v) is 12.4. The van der Waals surface area contributed by atoms with E-state index in [9.17, 15) is 0 Å². The third kappa shape index (κ3) is 6.33. The van der Waals surface area contributed by atoms with Gasteiger partial charge in [-0.1, -0.05) is 47.0 Å². The van der Waals surface area contributed by atoms with E-state index in [1.54, 1.807) is 0 Å². The lowest BCUT2D eigenvalue weighted by atomic mass is 10.0. The van der Waals surface area contributed by atoms with Crippen molar-refractivity contribution in [3.05, 3.63) is 0 Å². The molecule has 3 heteroatoms. The fourth-order valence-corrected chi connectivity index (χ4v) is 5.42. The van der Waals surface area contributed by atoms with Gasteiger partial charge in [-0.3, -0.25) is 0 Å². The minimum Gasteiger partial charge on any atom is -0.398 e. The van der Waals surface area contributed by atoms with Crippen molar-refractivity contribution in [2.45, 2.75) is 59.0 Å². The Bertz CT molecular complexity index is 159. The normalized spacial score (nSPS) is 13.2. The maximum atomic E-state index is 5.73. The molecule has 0 saturated carbocycles. The highest BCUT2D eigenvalue weighted by molar-refractivity contribution is 6.67. The fraction of sp³-hybridized carbons (Fsp3) is 1.00. The van der Waals surface area contributed by atoms with Crippen molar-refractivity contribution in [1.29, 1.82) is 0 Å². The second kappa shape index (κ2) is 6.66. The zero-order valence-electron chi connectivity index (χ0n) is 11.4. The van der Waals surface area contributed by atoms with E-state index in [-0.39, 0.29) is 0 Å². The fourth-order valence-electron chi connectivity index (χ4n) is 1.97. The highest BCUT2D eigenvalue weighted by atomic mass is 28.4. The summed E-state index contributed by atoms with van der Waals surface area (Å²) >= 11 is 0. The first-order valence-electron chi connectivity index (χ1n) is 5.99. The van der Waals surface area contributed by atoms with Gasteiger partial charge in [-0.15, -0.1) is 0 Å². The zero-order chi connectivity index (χ0) is 11.9. The minimum atomic E-state index is -1.92. The van der Waals surface area contributed by atoms with Gasteiger partial charge < -0.3 is 8.85 Å². The quantitative estimate of drug-likeness (QED) is 0.489. The third-order valence-electron chi connectivity index (χ3n) is 2.70. The summed E-state index contributed by atoms with van der Waals surface area (Å²) in [4.78, 5) is 0. The highest BCUT2D eigenvalue weighted by Crippen LogP contribution is 2.32. The number of hydrogen-bond donors (Lipinski definition) is 0. The smallest absolute Gasteiger partial charge is 0.338 e. The van der Waals surface area contributed by atoms with Crippen molar-refractivity contribution in [1.82, 2.24) is 0 Å². The van der Waals surface area contributed by atoms with Crippen LogP contribution in [-0.2, 0) is 8.85 Å². The largest absolute Gasteiger partial charge is 0.398 e. The molecule has 0 aromatic rings. The summed E-state index contributed by atoms with van der Waals surface area (Å²) in [6.07, 6.45) is 3.78. The van der Waals surface area contributed by atoms with Crippen LogP contribution in [0, 0.1) is 5.41 Å². The van der Waals surface area contributed by atoms with Gasteiger partial charge in [0.2, 0.25) is 0 Å². The van der Waals surface area contributed by atoms with Crippen molar-refractivity contribution >= 4 is 8.56 Å². The lowest BCUT2D eigenvalue weighted by Crippen LogP contribution is -2.43. The van der Waals surface area contributed by atoms with Crippen LogP contribution in [0.2, 0.25) is 12.1 Å². The molecule has 0 atom stereocenters. The molecule has 0 aliphatic heterocycles. The Morgan fingerprint density at radius 3 is 1.87 bits per heavy atom. The maximum Gasteiger partial charge on any atom is 0.338 e. The van der Waals surface area contributed by atoms with E-state index >= 15 is 0 Å². The van der Waals surface area contributed by atoms with Gasteiger partial charge in [-0.25, -0.2) is 0 Å². The van der Waals surface area contributed by atoms with Crippen LogP contribution in [0.15, 0.2) is 0 Å². The summed E-state index contributed by atoms with van der Waals surface area (Å²) in [7, 11) is 1.71. The molecule has 0 heterocycles. The Kier molecular flexibility index (Phi) is 6.72. The molecule has 2 nitrogen and oxygen atoms in total. The second-order valence-corrected chi connectivity index (χ2v) is 9.00. The molecule has 0 aromatic carbocycles. The molecule has 0 aliphatic carbocycles. The maximum absolute atomic E-state index is 5.73. The Morgan fingerprint density at radius 2 is 1.53 bits per heavy atom. The Hall–Kier alpha value is 0.137. The lowest BCUT2D eigenvalue weighted by molar-refractivity contribution is 0.222. The molecule has 0 unspecified atom stereocenters. The van der Waals surface area contributed by atoms with Gasteiger partial charge in [0.05, 0.1) is 0 Å². The van der Waals surface area contributed by atoms with Crippen LogP contribution >= 0.6 is 0 Å². The third-order valence-corrected chi connectivity index (χ3v) is 6.91. The molecular formula is C12H28O2Si. The molecule has 0 bridgehead atoms. The molecule has 0 fully saturated rings. The molecule has 92 valence electrons. The predicted molar refractivity (Wildman–Crippen MR) is 68.4 cm³/mol. The van der Waals surface area contributed by atoms with E-state index < -0.39 is 8.56 Å². The van der Waals surface area contributed by atoms with Gasteiger partial charge in [0, 0.05) is 14.2 Å². The van der Waals surface area contributed by atoms with Crippen LogP contribution in [0.1, 0.15) is 47.0 Å². The molecule has 0 N–H and O–H groups in total. The molecule has 0 spiro atoms. The second-order valence-electron chi connectivity index (χ2n) is 5.51. The van der Waals surface area contributed by atoms with Crippen molar-refractivity contribution in [2.24, 2.45) is 5.41 Å². The van der Waals surface area contributed by atoms with Crippen LogP contribution in [-0.4, -0.2) is 22.8 Å². The molecule has 0 aromatic heterocycles. The van der Waals surface area contributed by atoms with Crippen LogP contribution in [0.5, 0.6) is 0 Å². The van der Waals surface area contributed by atoms with Gasteiger partial charge in [0.1, 0.15) is 0 Å². The lowest BCUT2D eigenvalue weighted by Gasteiger charge is -2.33. The van der Waals surface area contributed by atoms with E-state index in [0.717, 1.165) is 12.1 Å². The van der Waals surface area contributed by atoms with Crippen molar-refractivity contribution < 1.29 is 8.85 Å². The summed E-state index contributed by atoms with van der Waals surface area (Å²) in [5.41, 5.74) is 0.296. The predicted octanol–water partition coefficient (Wildman–Crippen LogP) is 3.96. The molecule has 0 aliphatic rings. The SMILES string of the molecule is CCCCC[Si](CC(C)(C)C)(OC)OC. The Balaban J connectivity index is 4.30. The van der Waals surface area contributed by atoms with E-state index in [4.69, 9.17) is 8.85 Å². The molecule has 0 rings (SSSR count). The van der Waals surface area contributed by atoms with Crippen LogP contribution in [0.4, 0.5) is 0 Å². The first kappa shape index (κ1) is 15.1. The minimum absolute atomic E-state index is 0.296. The molecule has 0 saturated heterocycles. The summed E-state index contributed by atoms with van der Waals surface area (Å²) in [6.45, 7) is 9.00. The van der Waals surface area contributed by atoms with Crippen molar-refractivity contribution in [3.63, 3.8) is 0 Å². The summed E-state index contributed by atoms with van der Waals surface area (Å²) in [6, 6.07) is 2.21. The van der Waals surface area contributed by atoms with Crippen LogP contribution in [0.25, 0.3) is 0 Å². The number of unbranched alkanes of at least 4 members (excludes halogenated alkanes) is 2. The van der Waals surface area contributed by atoms with Gasteiger partial charge in [-0.2, -0.15) is 0 Å². The van der Waals surface area contributed by atoms with Gasteiger partial charge >= 0.3 is 8.56 Å². The first-order valence-corrected chi connectivity index (χ1v) is 8.22. The van der Waals surface area contributed by atoms with Crippen LogP contribution in [0.3, 0.4) is 0 Å². The van der Waals surface area contributed by atoms with Crippen molar-refractivity contribution in [3.8, 4) is 0 Å². The van der Waals surface area contributed by atoms with E-state index in [0.29, 0.717) is 5.41 Å². The average Bonchev–Trinajstić information content (AvgIpc) is 2.15. The summed E-state index contributed by atoms with van der Waals surface area (Å²) < 4.78 is 11.5. The van der Waals surface area contributed by atoms with Crippen LogP contribution < -0.4 is 0 Å². The van der Waals surface area contributed by atoms with E-state index in [1.165, 1.54) is 19.3 Å². The molecular weight excluding hydrogens is 204 g/mol. The van der Waals surface area contributed by atoms with Gasteiger partial charge in [0.15, 0.2) is 0 Å². The van der Waals surface area contributed by atoms with E-state index in [2.05, 4.69) is 27.7 Å². The Morgan fingerprint density at radius 1 is 1.00 bits per heavy atom. The molecule has 15 heavy (non-hydrogen) atoms. The number of hydrogen-bond acceptors (Lipinski definition) is 2. The average molecular weight is 232 g/mol. The molecule has 0 radical (unpaired) electrons. The first-order chi connectivity index (χ1) is 6.89.